The molecule has 1 aromatic rings. The third-order valence-corrected chi connectivity index (χ3v) is 8.14. The smallest absolute Gasteiger partial charge is 0.247 e. The summed E-state index contributed by atoms with van der Waals surface area (Å²) in [5.41, 5.74) is 0. The number of unbranched alkanes of at least 4 members (excludes halogenated alkanes) is 18. The largest absolute Gasteiger partial charge is 0.257 e. The normalized spacial score (nSPS) is 13.4. The first kappa shape index (κ1) is 32.2. The maximum atomic E-state index is 3.65. The van der Waals surface area contributed by atoms with E-state index in [0.29, 0.717) is 12.0 Å². The summed E-state index contributed by atoms with van der Waals surface area (Å²) < 4.78 is 2.57. The summed E-state index contributed by atoms with van der Waals surface area (Å²) in [4.78, 5) is 3.65. The van der Waals surface area contributed by atoms with E-state index in [4.69, 9.17) is 0 Å². The van der Waals surface area contributed by atoms with Crippen molar-refractivity contribution in [1.29, 1.82) is 0 Å². The quantitative estimate of drug-likeness (QED) is 0.0985. The zero-order chi connectivity index (χ0) is 25.4. The Balaban J connectivity index is 2.14. The van der Waals surface area contributed by atoms with E-state index in [1.54, 1.807) is 0 Å². The topological polar surface area (TPSA) is 19.7 Å². The van der Waals surface area contributed by atoms with Crippen LogP contribution in [0, 0.1) is 0 Å². The molecule has 0 saturated carbocycles. The van der Waals surface area contributed by atoms with Crippen LogP contribution in [0.3, 0.4) is 0 Å². The summed E-state index contributed by atoms with van der Waals surface area (Å²) in [6.07, 6.45) is 38.4. The molecule has 2 nitrogen and oxygen atoms in total. The predicted molar refractivity (Wildman–Crippen MR) is 156 cm³/mol. The van der Waals surface area contributed by atoms with Gasteiger partial charge >= 0.3 is 0 Å². The van der Waals surface area contributed by atoms with Gasteiger partial charge in [-0.05, 0) is 32.6 Å². The molecular weight excluding hydrogens is 424 g/mol. The SMILES string of the molecule is CCCCCCCCCCCCCCCCCCC(CCCC)c1[nH]cc[n+]1C(C)CCCCC. The fourth-order valence-corrected chi connectivity index (χ4v) is 5.71. The summed E-state index contributed by atoms with van der Waals surface area (Å²) in [6, 6.07) is 0.623. The molecule has 1 rings (SSSR count). The van der Waals surface area contributed by atoms with Gasteiger partial charge in [-0.2, -0.15) is 0 Å². The van der Waals surface area contributed by atoms with E-state index < -0.39 is 0 Å². The van der Waals surface area contributed by atoms with Crippen LogP contribution in [0.15, 0.2) is 12.4 Å². The minimum Gasteiger partial charge on any atom is -0.247 e. The maximum Gasteiger partial charge on any atom is 0.257 e. The van der Waals surface area contributed by atoms with Gasteiger partial charge in [0.25, 0.3) is 5.82 Å². The fourth-order valence-electron chi connectivity index (χ4n) is 5.71. The molecule has 2 unspecified atom stereocenters. The molecule has 35 heavy (non-hydrogen) atoms. The molecule has 1 aromatic heterocycles. The second-order valence-corrected chi connectivity index (χ2v) is 11.5. The summed E-state index contributed by atoms with van der Waals surface area (Å²) in [7, 11) is 0. The number of rotatable bonds is 26. The van der Waals surface area contributed by atoms with Crippen molar-refractivity contribution in [3.63, 3.8) is 0 Å². The summed E-state index contributed by atoms with van der Waals surface area (Å²) >= 11 is 0. The van der Waals surface area contributed by atoms with E-state index in [0.717, 1.165) is 0 Å². The third kappa shape index (κ3) is 16.6. The van der Waals surface area contributed by atoms with Gasteiger partial charge in [0, 0.05) is 0 Å². The minimum absolute atomic E-state index is 0.623. The van der Waals surface area contributed by atoms with Crippen molar-refractivity contribution in [2.45, 2.75) is 194 Å². The van der Waals surface area contributed by atoms with Gasteiger partial charge in [-0.3, -0.25) is 0 Å². The zero-order valence-electron chi connectivity index (χ0n) is 24.7. The number of aromatic nitrogens is 2. The zero-order valence-corrected chi connectivity index (χ0v) is 24.7. The second-order valence-electron chi connectivity index (χ2n) is 11.5. The molecule has 0 fully saturated rings. The highest BCUT2D eigenvalue weighted by atomic mass is 15.1. The van der Waals surface area contributed by atoms with Crippen molar-refractivity contribution < 1.29 is 4.57 Å². The van der Waals surface area contributed by atoms with E-state index >= 15 is 0 Å². The lowest BCUT2D eigenvalue weighted by molar-refractivity contribution is -0.727. The lowest BCUT2D eigenvalue weighted by Crippen LogP contribution is -2.41. The van der Waals surface area contributed by atoms with Gasteiger partial charge in [-0.1, -0.05) is 149 Å². The number of aromatic amines is 1. The monoisotopic (exact) mass is 490 g/mol. The number of imidazole rings is 1. The number of nitrogens with zero attached hydrogens (tertiary/aromatic N) is 1. The molecule has 1 N–H and O–H groups in total. The molecule has 0 spiro atoms. The first-order chi connectivity index (χ1) is 17.2. The molecule has 0 amide bonds. The van der Waals surface area contributed by atoms with Crippen molar-refractivity contribution in [3.05, 3.63) is 18.2 Å². The molecule has 0 radical (unpaired) electrons. The van der Waals surface area contributed by atoms with E-state index in [1.165, 1.54) is 160 Å². The van der Waals surface area contributed by atoms with Gasteiger partial charge in [-0.15, -0.1) is 0 Å². The fraction of sp³-hybridized carbons (Fsp3) is 0.909. The van der Waals surface area contributed by atoms with Crippen LogP contribution >= 0.6 is 0 Å². The van der Waals surface area contributed by atoms with Crippen molar-refractivity contribution in [3.8, 4) is 0 Å². The lowest BCUT2D eigenvalue weighted by atomic mass is 9.93. The standard InChI is InChI=1S/C33H64N2/c1-5-8-11-12-13-14-15-16-17-18-19-20-21-22-23-25-28-32(27-10-7-3)33-34-29-30-35(33)31(4)26-24-9-6-2/h29-32H,5-28H2,1-4H3/p+1. The Bertz CT molecular complexity index is 549. The van der Waals surface area contributed by atoms with Crippen molar-refractivity contribution in [2.75, 3.05) is 0 Å². The average molecular weight is 490 g/mol. The van der Waals surface area contributed by atoms with E-state index in [-0.39, 0.29) is 0 Å². The highest BCUT2D eigenvalue weighted by Crippen LogP contribution is 2.26. The molecule has 0 aromatic carbocycles. The van der Waals surface area contributed by atoms with E-state index in [9.17, 15) is 0 Å². The van der Waals surface area contributed by atoms with Crippen molar-refractivity contribution in [1.82, 2.24) is 4.98 Å². The molecule has 1 heterocycles. The van der Waals surface area contributed by atoms with Crippen LogP contribution in [0.5, 0.6) is 0 Å². The van der Waals surface area contributed by atoms with Crippen LogP contribution in [0.4, 0.5) is 0 Å². The highest BCUT2D eigenvalue weighted by molar-refractivity contribution is 4.90. The maximum absolute atomic E-state index is 3.65. The molecular formula is C33H65N2+. The van der Waals surface area contributed by atoms with Gasteiger partial charge in [0.1, 0.15) is 12.4 Å². The molecule has 0 aliphatic carbocycles. The summed E-state index contributed by atoms with van der Waals surface area (Å²) in [6.45, 7) is 9.36. The first-order valence-corrected chi connectivity index (χ1v) is 16.3. The Morgan fingerprint density at radius 1 is 0.543 bits per heavy atom. The molecule has 0 saturated heterocycles. The van der Waals surface area contributed by atoms with Crippen LogP contribution in [-0.4, -0.2) is 4.98 Å². The van der Waals surface area contributed by atoms with Crippen LogP contribution in [-0.2, 0) is 0 Å². The Morgan fingerprint density at radius 2 is 0.943 bits per heavy atom. The van der Waals surface area contributed by atoms with Gasteiger partial charge in [0.2, 0.25) is 0 Å². The van der Waals surface area contributed by atoms with Gasteiger partial charge in [0.05, 0.1) is 12.0 Å². The Morgan fingerprint density at radius 3 is 1.46 bits per heavy atom. The van der Waals surface area contributed by atoms with Crippen LogP contribution in [0.1, 0.15) is 200 Å². The predicted octanol–water partition coefficient (Wildman–Crippen LogP) is 11.4. The number of H-pyrrole nitrogens is 1. The van der Waals surface area contributed by atoms with Gasteiger partial charge in [-0.25, -0.2) is 9.55 Å². The molecule has 2 atom stereocenters. The van der Waals surface area contributed by atoms with Gasteiger partial charge in [0.15, 0.2) is 0 Å². The lowest BCUT2D eigenvalue weighted by Gasteiger charge is -2.17. The Labute approximate surface area is 221 Å². The number of hydrogen-bond donors (Lipinski definition) is 1. The summed E-state index contributed by atoms with van der Waals surface area (Å²) in [5, 5.41) is 0. The number of hydrogen-bond acceptors (Lipinski definition) is 0. The van der Waals surface area contributed by atoms with Crippen LogP contribution in [0.25, 0.3) is 0 Å². The molecule has 0 aliphatic rings. The van der Waals surface area contributed by atoms with Crippen LogP contribution < -0.4 is 4.57 Å². The molecule has 0 bridgehead atoms. The minimum atomic E-state index is 0.623. The second kappa shape index (κ2) is 23.6. The van der Waals surface area contributed by atoms with E-state index in [1.807, 2.05) is 0 Å². The van der Waals surface area contributed by atoms with Gasteiger partial charge < -0.3 is 0 Å². The Kier molecular flexibility index (Phi) is 21.7. The molecule has 2 heteroatoms. The van der Waals surface area contributed by atoms with E-state index in [2.05, 4.69) is 49.6 Å². The summed E-state index contributed by atoms with van der Waals surface area (Å²) in [5.74, 6) is 2.22. The molecule has 0 aliphatic heterocycles. The third-order valence-electron chi connectivity index (χ3n) is 8.14. The highest BCUT2D eigenvalue weighted by Gasteiger charge is 2.25. The Hall–Kier alpha value is -0.790. The van der Waals surface area contributed by atoms with Crippen molar-refractivity contribution in [2.24, 2.45) is 0 Å². The van der Waals surface area contributed by atoms with Crippen molar-refractivity contribution >= 4 is 0 Å². The molecule has 206 valence electrons. The van der Waals surface area contributed by atoms with Crippen LogP contribution in [0.2, 0.25) is 0 Å². The number of nitrogens with one attached hydrogen (secondary N) is 1. The average Bonchev–Trinajstić information content (AvgIpc) is 3.35. The first-order valence-electron chi connectivity index (χ1n) is 16.3.